The Bertz CT molecular complexity index is 471. The average molecular weight is 276 g/mol. The summed E-state index contributed by atoms with van der Waals surface area (Å²) in [6.45, 7) is 2.65. The molecule has 5 nitrogen and oxygen atoms in total. The lowest BCUT2D eigenvalue weighted by Crippen LogP contribution is -2.43. The maximum absolute atomic E-state index is 12.1. The van der Waals surface area contributed by atoms with Crippen LogP contribution in [0.25, 0.3) is 0 Å². The third-order valence-electron chi connectivity index (χ3n) is 3.95. The van der Waals surface area contributed by atoms with Gasteiger partial charge >= 0.3 is 6.03 Å². The summed E-state index contributed by atoms with van der Waals surface area (Å²) >= 11 is 0. The van der Waals surface area contributed by atoms with E-state index >= 15 is 0 Å². The Hall–Kier alpha value is -1.78. The van der Waals surface area contributed by atoms with Crippen LogP contribution in [0.1, 0.15) is 25.3 Å². The summed E-state index contributed by atoms with van der Waals surface area (Å²) in [5.74, 6) is 1.59. The first kappa shape index (κ1) is 14.6. The van der Waals surface area contributed by atoms with Gasteiger partial charge in [-0.2, -0.15) is 0 Å². The molecule has 110 valence electrons. The standard InChI is InChI=1S/C15H24N4O/c1-11(13-5-6-13)19(4)15(20)17-10-12-7-8-16-14(9-12)18(2)3/h7-9,11,13H,5-6,10H2,1-4H3,(H,17,20). The predicted octanol–water partition coefficient (Wildman–Crippen LogP) is 2.09. The van der Waals surface area contributed by atoms with Crippen LogP contribution >= 0.6 is 0 Å². The molecule has 1 atom stereocenters. The quantitative estimate of drug-likeness (QED) is 0.896. The lowest BCUT2D eigenvalue weighted by Gasteiger charge is -2.25. The molecule has 0 aromatic carbocycles. The zero-order valence-corrected chi connectivity index (χ0v) is 12.8. The normalized spacial score (nSPS) is 15.6. The van der Waals surface area contributed by atoms with E-state index in [2.05, 4.69) is 17.2 Å². The zero-order valence-electron chi connectivity index (χ0n) is 12.8. The second-order valence-corrected chi connectivity index (χ2v) is 5.76. The molecule has 5 heteroatoms. The van der Waals surface area contributed by atoms with Gasteiger partial charge in [-0.1, -0.05) is 0 Å². The van der Waals surface area contributed by atoms with Crippen LogP contribution < -0.4 is 10.2 Å². The van der Waals surface area contributed by atoms with Gasteiger partial charge in [0.05, 0.1) is 0 Å². The van der Waals surface area contributed by atoms with Crippen LogP contribution in [0.2, 0.25) is 0 Å². The number of anilines is 1. The fourth-order valence-corrected chi connectivity index (χ4v) is 2.20. The van der Waals surface area contributed by atoms with Crippen LogP contribution in [0.3, 0.4) is 0 Å². The molecule has 1 unspecified atom stereocenters. The van der Waals surface area contributed by atoms with E-state index in [1.165, 1.54) is 12.8 Å². The number of hydrogen-bond donors (Lipinski definition) is 1. The molecule has 1 fully saturated rings. The Kier molecular flexibility index (Phi) is 4.47. The molecule has 0 radical (unpaired) electrons. The van der Waals surface area contributed by atoms with Crippen LogP contribution in [0, 0.1) is 5.92 Å². The number of amides is 2. The van der Waals surface area contributed by atoms with Gasteiger partial charge in [-0.05, 0) is 43.4 Å². The molecule has 0 saturated heterocycles. The van der Waals surface area contributed by atoms with E-state index in [0.29, 0.717) is 18.5 Å². The fraction of sp³-hybridized carbons (Fsp3) is 0.600. The van der Waals surface area contributed by atoms with Crippen molar-refractivity contribution in [3.8, 4) is 0 Å². The molecule has 0 aliphatic heterocycles. The summed E-state index contributed by atoms with van der Waals surface area (Å²) in [6.07, 6.45) is 4.26. The minimum atomic E-state index is -0.00684. The average Bonchev–Trinajstić information content (AvgIpc) is 3.28. The molecule has 1 aromatic heterocycles. The van der Waals surface area contributed by atoms with Crippen molar-refractivity contribution in [2.75, 3.05) is 26.0 Å². The van der Waals surface area contributed by atoms with E-state index in [0.717, 1.165) is 11.4 Å². The number of nitrogens with zero attached hydrogens (tertiary/aromatic N) is 3. The molecular weight excluding hydrogens is 252 g/mol. The Morgan fingerprint density at radius 2 is 2.15 bits per heavy atom. The first-order valence-corrected chi connectivity index (χ1v) is 7.12. The summed E-state index contributed by atoms with van der Waals surface area (Å²) in [5, 5.41) is 2.97. The van der Waals surface area contributed by atoms with Gasteiger partial charge in [0.25, 0.3) is 0 Å². The number of pyridine rings is 1. The maximum atomic E-state index is 12.1. The molecule has 1 aliphatic rings. The van der Waals surface area contributed by atoms with Crippen LogP contribution in [0.4, 0.5) is 10.6 Å². The van der Waals surface area contributed by atoms with Gasteiger partial charge in [0.1, 0.15) is 5.82 Å². The third kappa shape index (κ3) is 3.62. The maximum Gasteiger partial charge on any atom is 0.317 e. The van der Waals surface area contributed by atoms with Crippen LogP contribution in [-0.4, -0.2) is 43.1 Å². The number of hydrogen-bond acceptors (Lipinski definition) is 3. The number of aromatic nitrogens is 1. The van der Waals surface area contributed by atoms with E-state index in [4.69, 9.17) is 0 Å². The lowest BCUT2D eigenvalue weighted by atomic mass is 10.2. The second-order valence-electron chi connectivity index (χ2n) is 5.76. The molecule has 1 saturated carbocycles. The number of nitrogens with one attached hydrogen (secondary N) is 1. The van der Waals surface area contributed by atoms with Crippen molar-refractivity contribution in [2.24, 2.45) is 5.92 Å². The van der Waals surface area contributed by atoms with Gasteiger partial charge in [-0.3, -0.25) is 0 Å². The van der Waals surface area contributed by atoms with E-state index in [1.807, 2.05) is 43.1 Å². The molecule has 0 bridgehead atoms. The van der Waals surface area contributed by atoms with Crippen LogP contribution in [-0.2, 0) is 6.54 Å². The molecule has 2 amide bonds. The van der Waals surface area contributed by atoms with Crippen molar-refractivity contribution < 1.29 is 4.79 Å². The minimum Gasteiger partial charge on any atom is -0.363 e. The summed E-state index contributed by atoms with van der Waals surface area (Å²) in [7, 11) is 5.78. The number of rotatable bonds is 5. The lowest BCUT2D eigenvalue weighted by molar-refractivity contribution is 0.187. The molecule has 1 heterocycles. The molecule has 1 aliphatic carbocycles. The first-order chi connectivity index (χ1) is 9.49. The van der Waals surface area contributed by atoms with Crippen molar-refractivity contribution in [1.82, 2.24) is 15.2 Å². The molecule has 2 rings (SSSR count). The van der Waals surface area contributed by atoms with E-state index in [1.54, 1.807) is 6.20 Å². The van der Waals surface area contributed by atoms with Crippen molar-refractivity contribution >= 4 is 11.8 Å². The van der Waals surface area contributed by atoms with Gasteiger partial charge in [0.15, 0.2) is 0 Å². The topological polar surface area (TPSA) is 48.5 Å². The second kappa shape index (κ2) is 6.11. The van der Waals surface area contributed by atoms with Gasteiger partial charge in [0, 0.05) is 39.9 Å². The van der Waals surface area contributed by atoms with Crippen molar-refractivity contribution in [2.45, 2.75) is 32.4 Å². The molecule has 0 spiro atoms. The largest absolute Gasteiger partial charge is 0.363 e. The van der Waals surface area contributed by atoms with E-state index in [-0.39, 0.29) is 6.03 Å². The summed E-state index contributed by atoms with van der Waals surface area (Å²) in [4.78, 5) is 20.1. The number of urea groups is 1. The smallest absolute Gasteiger partial charge is 0.317 e. The molecule has 1 N–H and O–H groups in total. The highest BCUT2D eigenvalue weighted by molar-refractivity contribution is 5.74. The SMILES string of the molecule is CC(C1CC1)N(C)C(=O)NCc1ccnc(N(C)C)c1. The molecular formula is C15H24N4O. The third-order valence-corrected chi connectivity index (χ3v) is 3.95. The summed E-state index contributed by atoms with van der Waals surface area (Å²) < 4.78 is 0. The van der Waals surface area contributed by atoms with Gasteiger partial charge in [0.2, 0.25) is 0 Å². The van der Waals surface area contributed by atoms with Gasteiger partial charge in [-0.15, -0.1) is 0 Å². The highest BCUT2D eigenvalue weighted by atomic mass is 16.2. The predicted molar refractivity (Wildman–Crippen MR) is 80.7 cm³/mol. The monoisotopic (exact) mass is 276 g/mol. The fourth-order valence-electron chi connectivity index (χ4n) is 2.20. The van der Waals surface area contributed by atoms with Gasteiger partial charge < -0.3 is 15.1 Å². The first-order valence-electron chi connectivity index (χ1n) is 7.12. The Morgan fingerprint density at radius 3 is 2.75 bits per heavy atom. The molecule has 20 heavy (non-hydrogen) atoms. The van der Waals surface area contributed by atoms with Gasteiger partial charge in [-0.25, -0.2) is 9.78 Å². The Morgan fingerprint density at radius 1 is 1.45 bits per heavy atom. The summed E-state index contributed by atoms with van der Waals surface area (Å²) in [6, 6.07) is 4.24. The van der Waals surface area contributed by atoms with Crippen LogP contribution in [0.5, 0.6) is 0 Å². The van der Waals surface area contributed by atoms with Crippen molar-refractivity contribution in [1.29, 1.82) is 0 Å². The minimum absolute atomic E-state index is 0.00684. The van der Waals surface area contributed by atoms with E-state index in [9.17, 15) is 4.79 Å². The highest BCUT2D eigenvalue weighted by Gasteiger charge is 2.32. The van der Waals surface area contributed by atoms with Crippen molar-refractivity contribution in [3.05, 3.63) is 23.9 Å². The Labute approximate surface area is 121 Å². The Balaban J connectivity index is 1.87. The molecule has 1 aromatic rings. The highest BCUT2D eigenvalue weighted by Crippen LogP contribution is 2.34. The van der Waals surface area contributed by atoms with E-state index < -0.39 is 0 Å². The zero-order chi connectivity index (χ0) is 14.7. The number of carbonyl (C=O) groups is 1. The van der Waals surface area contributed by atoms with Crippen molar-refractivity contribution in [3.63, 3.8) is 0 Å². The number of carbonyl (C=O) groups excluding carboxylic acids is 1. The summed E-state index contributed by atoms with van der Waals surface area (Å²) in [5.41, 5.74) is 1.06. The van der Waals surface area contributed by atoms with Crippen LogP contribution in [0.15, 0.2) is 18.3 Å².